The number of aromatic hydroxyl groups is 1. The van der Waals surface area contributed by atoms with Crippen LogP contribution in [0.5, 0.6) is 5.88 Å². The van der Waals surface area contributed by atoms with Crippen molar-refractivity contribution in [3.8, 4) is 5.88 Å². The molecule has 0 aliphatic rings. The Morgan fingerprint density at radius 1 is 1.58 bits per heavy atom. The van der Waals surface area contributed by atoms with Crippen molar-refractivity contribution in [3.05, 3.63) is 27.7 Å². The second-order valence-electron chi connectivity index (χ2n) is 4.39. The summed E-state index contributed by atoms with van der Waals surface area (Å²) in [6, 6.07) is 0. The average Bonchev–Trinajstić information content (AvgIpc) is 2.72. The van der Waals surface area contributed by atoms with Gasteiger partial charge in [-0.1, -0.05) is 13.8 Å². The largest absolute Gasteiger partial charge is 0.493 e. The highest BCUT2D eigenvalue weighted by Crippen LogP contribution is 2.22. The fourth-order valence-electron chi connectivity index (χ4n) is 1.90. The van der Waals surface area contributed by atoms with Crippen LogP contribution in [0.25, 0.3) is 5.65 Å². The van der Waals surface area contributed by atoms with E-state index in [1.807, 2.05) is 0 Å². The van der Waals surface area contributed by atoms with Gasteiger partial charge in [0.05, 0.1) is 18.4 Å². The van der Waals surface area contributed by atoms with Crippen LogP contribution in [-0.2, 0) is 4.74 Å². The maximum Gasteiger partial charge on any atom is 0.343 e. The van der Waals surface area contributed by atoms with Crippen molar-refractivity contribution in [2.75, 3.05) is 6.61 Å². The zero-order valence-electron chi connectivity index (χ0n) is 10.9. The molecule has 2 rings (SSSR count). The first-order valence-corrected chi connectivity index (χ1v) is 5.97. The lowest BCUT2D eigenvalue weighted by Gasteiger charge is -2.08. The van der Waals surface area contributed by atoms with Gasteiger partial charge in [0.25, 0.3) is 5.56 Å². The number of hydrogen-bond acceptors (Lipinski definition) is 5. The Kier molecular flexibility index (Phi) is 3.28. The summed E-state index contributed by atoms with van der Waals surface area (Å²) in [6.45, 7) is 5.47. The third-order valence-corrected chi connectivity index (χ3v) is 2.76. The van der Waals surface area contributed by atoms with E-state index in [9.17, 15) is 14.7 Å². The number of aromatic nitrogens is 3. The molecule has 0 aliphatic heterocycles. The lowest BCUT2D eigenvalue weighted by molar-refractivity contribution is 0.0528. The lowest BCUT2D eigenvalue weighted by atomic mass is 10.1. The summed E-state index contributed by atoms with van der Waals surface area (Å²) in [5.74, 6) is -1.02. The normalized spacial score (nSPS) is 11.2. The van der Waals surface area contributed by atoms with Crippen molar-refractivity contribution in [1.82, 2.24) is 14.6 Å². The molecule has 102 valence electrons. The van der Waals surface area contributed by atoms with E-state index in [2.05, 4.69) is 10.1 Å². The molecule has 0 fully saturated rings. The van der Waals surface area contributed by atoms with E-state index in [1.165, 1.54) is 6.20 Å². The third-order valence-electron chi connectivity index (χ3n) is 2.76. The number of nitrogens with one attached hydrogen (secondary N) is 1. The van der Waals surface area contributed by atoms with E-state index in [4.69, 9.17) is 4.74 Å². The third kappa shape index (κ3) is 2.07. The summed E-state index contributed by atoms with van der Waals surface area (Å²) in [6.07, 6.45) is 1.26. The minimum Gasteiger partial charge on any atom is -0.493 e. The molecule has 0 saturated heterocycles. The van der Waals surface area contributed by atoms with E-state index < -0.39 is 11.5 Å². The zero-order valence-corrected chi connectivity index (χ0v) is 10.9. The van der Waals surface area contributed by atoms with Gasteiger partial charge in [0.15, 0.2) is 5.65 Å². The van der Waals surface area contributed by atoms with Crippen LogP contribution in [-0.4, -0.2) is 32.3 Å². The number of carbonyl (C=O) groups excluding carboxylic acids is 1. The summed E-state index contributed by atoms with van der Waals surface area (Å²) < 4.78 is 5.98. The first-order chi connectivity index (χ1) is 8.97. The van der Waals surface area contributed by atoms with Gasteiger partial charge in [0.1, 0.15) is 5.56 Å². The fourth-order valence-corrected chi connectivity index (χ4v) is 1.90. The first-order valence-electron chi connectivity index (χ1n) is 5.97. The van der Waals surface area contributed by atoms with E-state index >= 15 is 0 Å². The molecule has 0 spiro atoms. The molecule has 0 saturated carbocycles. The highest BCUT2D eigenvalue weighted by molar-refractivity contribution is 5.95. The molecule has 0 bridgehead atoms. The van der Waals surface area contributed by atoms with Crippen LogP contribution < -0.4 is 5.56 Å². The predicted molar refractivity (Wildman–Crippen MR) is 67.5 cm³/mol. The Morgan fingerprint density at radius 3 is 2.84 bits per heavy atom. The minimum absolute atomic E-state index is 0.115. The van der Waals surface area contributed by atoms with E-state index in [0.717, 1.165) is 4.52 Å². The smallest absolute Gasteiger partial charge is 0.343 e. The number of carbonyl (C=O) groups is 1. The topological polar surface area (TPSA) is 96.7 Å². The molecule has 7 nitrogen and oxygen atoms in total. The molecule has 19 heavy (non-hydrogen) atoms. The molecule has 0 atom stereocenters. The van der Waals surface area contributed by atoms with Gasteiger partial charge in [0, 0.05) is 0 Å². The van der Waals surface area contributed by atoms with Crippen LogP contribution >= 0.6 is 0 Å². The van der Waals surface area contributed by atoms with Crippen LogP contribution in [0.1, 0.15) is 42.6 Å². The Balaban J connectivity index is 2.70. The van der Waals surface area contributed by atoms with Gasteiger partial charge < -0.3 is 14.8 Å². The van der Waals surface area contributed by atoms with Crippen molar-refractivity contribution in [1.29, 1.82) is 0 Å². The Morgan fingerprint density at radius 2 is 2.26 bits per heavy atom. The standard InChI is InChI=1S/C12H15N3O4/c1-4-19-12(18)7-5-13-15-9(7)14-10(16)8(6(2)3)11(15)17/h5-6,17H,4H2,1-3H3,(H,14,16). The van der Waals surface area contributed by atoms with E-state index in [0.29, 0.717) is 0 Å². The van der Waals surface area contributed by atoms with Crippen molar-refractivity contribution < 1.29 is 14.6 Å². The molecule has 7 heteroatoms. The SMILES string of the molecule is CCOC(=O)c1cnn2c(O)c(C(C)C)c(=O)[nH]c12. The summed E-state index contributed by atoms with van der Waals surface area (Å²) >= 11 is 0. The van der Waals surface area contributed by atoms with Crippen molar-refractivity contribution in [3.63, 3.8) is 0 Å². The number of esters is 1. The maximum absolute atomic E-state index is 11.9. The monoisotopic (exact) mass is 265 g/mol. The van der Waals surface area contributed by atoms with Gasteiger partial charge in [-0.05, 0) is 12.8 Å². The minimum atomic E-state index is -0.593. The first kappa shape index (κ1) is 13.1. The summed E-state index contributed by atoms with van der Waals surface area (Å²) in [5.41, 5.74) is 0.0342. The molecule has 2 heterocycles. The van der Waals surface area contributed by atoms with E-state index in [1.54, 1.807) is 20.8 Å². The van der Waals surface area contributed by atoms with Gasteiger partial charge in [-0.15, -0.1) is 0 Å². The van der Waals surface area contributed by atoms with Crippen LogP contribution in [0.2, 0.25) is 0 Å². The summed E-state index contributed by atoms with van der Waals surface area (Å²) in [7, 11) is 0. The average molecular weight is 265 g/mol. The van der Waals surface area contributed by atoms with Gasteiger partial charge in [-0.25, -0.2) is 4.79 Å². The van der Waals surface area contributed by atoms with Crippen molar-refractivity contribution in [2.24, 2.45) is 0 Å². The second kappa shape index (κ2) is 4.75. The number of H-pyrrole nitrogens is 1. The molecule has 2 aromatic rings. The van der Waals surface area contributed by atoms with Gasteiger partial charge in [-0.2, -0.15) is 9.61 Å². The van der Waals surface area contributed by atoms with Crippen molar-refractivity contribution >= 4 is 11.6 Å². The van der Waals surface area contributed by atoms with Gasteiger partial charge in [-0.3, -0.25) is 4.79 Å². The Labute approximate surface area is 108 Å². The number of fused-ring (bicyclic) bond motifs is 1. The molecular formula is C12H15N3O4. The molecule has 0 unspecified atom stereocenters. The van der Waals surface area contributed by atoms with Crippen molar-refractivity contribution in [2.45, 2.75) is 26.7 Å². The quantitative estimate of drug-likeness (QED) is 0.808. The number of ether oxygens (including phenoxy) is 1. The summed E-state index contributed by atoms with van der Waals surface area (Å²) in [5, 5.41) is 14.0. The molecular weight excluding hydrogens is 250 g/mol. The lowest BCUT2D eigenvalue weighted by Crippen LogP contribution is -2.18. The number of nitrogens with zero attached hydrogens (tertiary/aromatic N) is 2. The molecule has 0 radical (unpaired) electrons. The predicted octanol–water partition coefficient (Wildman–Crippen LogP) is 1.03. The summed E-state index contributed by atoms with van der Waals surface area (Å²) in [4.78, 5) is 26.2. The number of rotatable bonds is 3. The second-order valence-corrected chi connectivity index (χ2v) is 4.39. The van der Waals surface area contributed by atoms with Crippen LogP contribution in [0.4, 0.5) is 0 Å². The highest BCUT2D eigenvalue weighted by Gasteiger charge is 2.21. The van der Waals surface area contributed by atoms with Crippen LogP contribution in [0.3, 0.4) is 0 Å². The van der Waals surface area contributed by atoms with E-state index in [-0.39, 0.29) is 35.2 Å². The van der Waals surface area contributed by atoms with Gasteiger partial charge >= 0.3 is 5.97 Å². The zero-order chi connectivity index (χ0) is 14.2. The Hall–Kier alpha value is -2.31. The van der Waals surface area contributed by atoms with Gasteiger partial charge in [0.2, 0.25) is 5.88 Å². The maximum atomic E-state index is 11.9. The molecule has 0 amide bonds. The molecule has 0 aliphatic carbocycles. The molecule has 2 aromatic heterocycles. The molecule has 2 N–H and O–H groups in total. The Bertz CT molecular complexity index is 684. The van der Waals surface area contributed by atoms with Crippen LogP contribution in [0, 0.1) is 0 Å². The fraction of sp³-hybridized carbons (Fsp3) is 0.417. The highest BCUT2D eigenvalue weighted by atomic mass is 16.5. The van der Waals surface area contributed by atoms with Crippen LogP contribution in [0.15, 0.2) is 11.0 Å². The number of hydrogen-bond donors (Lipinski definition) is 2. The number of aromatic amines is 1. The molecule has 0 aromatic carbocycles.